The predicted molar refractivity (Wildman–Crippen MR) is 62.9 cm³/mol. The highest BCUT2D eigenvalue weighted by molar-refractivity contribution is 5.77. The topological polar surface area (TPSA) is 46.5 Å². The number of hydrogen-bond donors (Lipinski definition) is 1. The van der Waals surface area contributed by atoms with E-state index < -0.39 is 17.7 Å². The Bertz CT molecular complexity index is 390. The summed E-state index contributed by atoms with van der Waals surface area (Å²) in [5.41, 5.74) is 0.411. The molecule has 1 rings (SSSR count). The Hall–Kier alpha value is -1.58. The number of carboxylic acids is 1. The molecule has 0 spiro atoms. The summed E-state index contributed by atoms with van der Waals surface area (Å²) < 4.78 is 18.3. The third kappa shape index (κ3) is 3.44. The van der Waals surface area contributed by atoms with E-state index in [1.807, 2.05) is 6.92 Å². The summed E-state index contributed by atoms with van der Waals surface area (Å²) in [5.74, 6) is -1.67. The molecular formula is C13H17FO3. The van der Waals surface area contributed by atoms with Crippen molar-refractivity contribution in [3.05, 3.63) is 29.6 Å². The van der Waals surface area contributed by atoms with Crippen molar-refractivity contribution in [1.29, 1.82) is 0 Å². The highest BCUT2D eigenvalue weighted by Crippen LogP contribution is 2.31. The van der Waals surface area contributed by atoms with Crippen molar-refractivity contribution in [1.82, 2.24) is 0 Å². The summed E-state index contributed by atoms with van der Waals surface area (Å²) in [6.45, 7) is 1.99. The molecule has 0 radical (unpaired) electrons. The first-order chi connectivity index (χ1) is 8.10. The van der Waals surface area contributed by atoms with Crippen LogP contribution in [-0.4, -0.2) is 18.2 Å². The number of carboxylic acid groups (broad SMARTS) is 1. The highest BCUT2D eigenvalue weighted by Gasteiger charge is 2.23. The molecule has 0 aliphatic rings. The van der Waals surface area contributed by atoms with Gasteiger partial charge in [-0.15, -0.1) is 0 Å². The van der Waals surface area contributed by atoms with E-state index in [-0.39, 0.29) is 0 Å². The predicted octanol–water partition coefficient (Wildman–Crippen LogP) is 3.19. The summed E-state index contributed by atoms with van der Waals surface area (Å²) in [4.78, 5) is 11.2. The Balaban J connectivity index is 3.07. The number of hydrogen-bond acceptors (Lipinski definition) is 2. The van der Waals surface area contributed by atoms with Crippen LogP contribution < -0.4 is 4.74 Å². The molecule has 0 heterocycles. The molecule has 0 bridgehead atoms. The van der Waals surface area contributed by atoms with Crippen molar-refractivity contribution >= 4 is 5.97 Å². The van der Waals surface area contributed by atoms with Gasteiger partial charge < -0.3 is 9.84 Å². The highest BCUT2D eigenvalue weighted by atomic mass is 19.1. The molecule has 0 amide bonds. The van der Waals surface area contributed by atoms with E-state index in [9.17, 15) is 14.3 Å². The number of methoxy groups -OCH3 is 1. The van der Waals surface area contributed by atoms with Crippen LogP contribution >= 0.6 is 0 Å². The van der Waals surface area contributed by atoms with E-state index in [2.05, 4.69) is 0 Å². The lowest BCUT2D eigenvalue weighted by atomic mass is 9.93. The second-order valence-corrected chi connectivity index (χ2v) is 3.92. The van der Waals surface area contributed by atoms with Crippen molar-refractivity contribution in [3.8, 4) is 5.75 Å². The van der Waals surface area contributed by atoms with Crippen LogP contribution in [0.3, 0.4) is 0 Å². The molecule has 94 valence electrons. The minimum atomic E-state index is -0.942. The lowest BCUT2D eigenvalue weighted by molar-refractivity contribution is -0.139. The number of ether oxygens (including phenoxy) is 1. The SMILES string of the molecule is CCCCC(C(=O)O)c1cc(F)ccc1OC. The summed E-state index contributed by atoms with van der Waals surface area (Å²) in [6, 6.07) is 3.97. The van der Waals surface area contributed by atoms with Gasteiger partial charge in [-0.3, -0.25) is 4.79 Å². The van der Waals surface area contributed by atoms with E-state index in [1.165, 1.54) is 25.3 Å². The lowest BCUT2D eigenvalue weighted by Crippen LogP contribution is -2.13. The van der Waals surface area contributed by atoms with Gasteiger partial charge in [-0.05, 0) is 24.6 Å². The monoisotopic (exact) mass is 240 g/mol. The van der Waals surface area contributed by atoms with E-state index in [0.717, 1.165) is 12.8 Å². The molecule has 3 nitrogen and oxygen atoms in total. The maximum Gasteiger partial charge on any atom is 0.311 e. The van der Waals surface area contributed by atoms with E-state index in [0.29, 0.717) is 17.7 Å². The van der Waals surface area contributed by atoms with Crippen molar-refractivity contribution in [3.63, 3.8) is 0 Å². The fraction of sp³-hybridized carbons (Fsp3) is 0.462. The largest absolute Gasteiger partial charge is 0.496 e. The van der Waals surface area contributed by atoms with Crippen LogP contribution in [0.15, 0.2) is 18.2 Å². The summed E-state index contributed by atoms with van der Waals surface area (Å²) in [5, 5.41) is 9.19. The molecule has 17 heavy (non-hydrogen) atoms. The molecule has 0 saturated carbocycles. The van der Waals surface area contributed by atoms with Crippen LogP contribution in [0.4, 0.5) is 4.39 Å². The van der Waals surface area contributed by atoms with E-state index in [4.69, 9.17) is 4.74 Å². The smallest absolute Gasteiger partial charge is 0.311 e. The zero-order chi connectivity index (χ0) is 12.8. The number of halogens is 1. The lowest BCUT2D eigenvalue weighted by Gasteiger charge is -2.15. The molecule has 0 saturated heterocycles. The van der Waals surface area contributed by atoms with E-state index in [1.54, 1.807) is 0 Å². The van der Waals surface area contributed by atoms with Crippen LogP contribution in [-0.2, 0) is 4.79 Å². The van der Waals surface area contributed by atoms with Gasteiger partial charge in [0, 0.05) is 5.56 Å². The van der Waals surface area contributed by atoms with Gasteiger partial charge in [0.2, 0.25) is 0 Å². The molecule has 1 aromatic carbocycles. The molecule has 1 atom stereocenters. The minimum absolute atomic E-state index is 0.411. The second-order valence-electron chi connectivity index (χ2n) is 3.92. The third-order valence-electron chi connectivity index (χ3n) is 2.71. The Morgan fingerprint density at radius 1 is 1.53 bits per heavy atom. The average Bonchev–Trinajstić information content (AvgIpc) is 2.29. The zero-order valence-corrected chi connectivity index (χ0v) is 10.1. The van der Waals surface area contributed by atoms with Gasteiger partial charge in [-0.25, -0.2) is 4.39 Å². The van der Waals surface area contributed by atoms with Crippen LogP contribution in [0, 0.1) is 5.82 Å². The molecule has 1 aromatic rings. The first-order valence-corrected chi connectivity index (χ1v) is 5.66. The van der Waals surface area contributed by atoms with Crippen molar-refractivity contribution < 1.29 is 19.0 Å². The van der Waals surface area contributed by atoms with Gasteiger partial charge in [0.1, 0.15) is 11.6 Å². The Kier molecular flexibility index (Phi) is 4.94. The van der Waals surface area contributed by atoms with Gasteiger partial charge in [-0.1, -0.05) is 19.8 Å². The number of carbonyl (C=O) groups is 1. The number of aliphatic carboxylic acids is 1. The molecule has 0 aliphatic carbocycles. The average molecular weight is 240 g/mol. The second kappa shape index (κ2) is 6.23. The summed E-state index contributed by atoms with van der Waals surface area (Å²) >= 11 is 0. The van der Waals surface area contributed by atoms with Gasteiger partial charge in [0.25, 0.3) is 0 Å². The normalized spacial score (nSPS) is 12.2. The maximum atomic E-state index is 13.2. The molecule has 0 fully saturated rings. The molecule has 0 aliphatic heterocycles. The molecule has 1 unspecified atom stereocenters. The molecule has 1 N–H and O–H groups in total. The van der Waals surface area contributed by atoms with Crippen LogP contribution in [0.1, 0.15) is 37.7 Å². The Labute approximate surface area is 100 Å². The summed E-state index contributed by atoms with van der Waals surface area (Å²) in [7, 11) is 1.45. The molecular weight excluding hydrogens is 223 g/mol. The van der Waals surface area contributed by atoms with Gasteiger partial charge in [0.05, 0.1) is 13.0 Å². The first kappa shape index (κ1) is 13.5. The fourth-order valence-corrected chi connectivity index (χ4v) is 1.80. The quantitative estimate of drug-likeness (QED) is 0.830. The maximum absolute atomic E-state index is 13.2. The third-order valence-corrected chi connectivity index (χ3v) is 2.71. The number of unbranched alkanes of at least 4 members (excludes halogenated alkanes) is 1. The van der Waals surface area contributed by atoms with Crippen LogP contribution in [0.5, 0.6) is 5.75 Å². The zero-order valence-electron chi connectivity index (χ0n) is 10.1. The van der Waals surface area contributed by atoms with Crippen LogP contribution in [0.2, 0.25) is 0 Å². The molecule has 0 aromatic heterocycles. The fourth-order valence-electron chi connectivity index (χ4n) is 1.80. The molecule has 4 heteroatoms. The van der Waals surface area contributed by atoms with Crippen molar-refractivity contribution in [2.75, 3.05) is 7.11 Å². The Morgan fingerprint density at radius 3 is 2.76 bits per heavy atom. The van der Waals surface area contributed by atoms with Crippen LogP contribution in [0.25, 0.3) is 0 Å². The van der Waals surface area contributed by atoms with Gasteiger partial charge in [-0.2, -0.15) is 0 Å². The number of rotatable bonds is 6. The Morgan fingerprint density at radius 2 is 2.24 bits per heavy atom. The standard InChI is InChI=1S/C13H17FO3/c1-3-4-5-10(13(15)16)11-8-9(14)6-7-12(11)17-2/h6-8,10H,3-5H2,1-2H3,(H,15,16). The van der Waals surface area contributed by atoms with Gasteiger partial charge in [0.15, 0.2) is 0 Å². The first-order valence-electron chi connectivity index (χ1n) is 5.66. The van der Waals surface area contributed by atoms with Gasteiger partial charge >= 0.3 is 5.97 Å². The number of benzene rings is 1. The van der Waals surface area contributed by atoms with E-state index >= 15 is 0 Å². The summed E-state index contributed by atoms with van der Waals surface area (Å²) in [6.07, 6.45) is 2.18. The van der Waals surface area contributed by atoms with Crippen molar-refractivity contribution in [2.45, 2.75) is 32.1 Å². The minimum Gasteiger partial charge on any atom is -0.496 e. The van der Waals surface area contributed by atoms with Crippen molar-refractivity contribution in [2.24, 2.45) is 0 Å².